The molecule has 21 heteroatoms. The molecular formula is C36H40F6N8O7. The highest BCUT2D eigenvalue weighted by atomic mass is 19.4. The average molecular weight is 811 g/mol. The minimum atomic E-state index is -5.08. The molecule has 0 aliphatic carbocycles. The summed E-state index contributed by atoms with van der Waals surface area (Å²) in [5.41, 5.74) is 15.0. The maximum absolute atomic E-state index is 13.5. The predicted octanol–water partition coefficient (Wildman–Crippen LogP) is 4.92. The van der Waals surface area contributed by atoms with Gasteiger partial charge in [-0.25, -0.2) is 9.78 Å². The third kappa shape index (κ3) is 17.4. The van der Waals surface area contributed by atoms with Crippen molar-refractivity contribution in [2.45, 2.75) is 58.8 Å². The van der Waals surface area contributed by atoms with Gasteiger partial charge in [0.2, 0.25) is 5.91 Å². The van der Waals surface area contributed by atoms with Crippen molar-refractivity contribution in [3.63, 3.8) is 0 Å². The van der Waals surface area contributed by atoms with Crippen LogP contribution in [-0.4, -0.2) is 68.8 Å². The number of nitrogens with one attached hydrogen (secondary N) is 4. The number of rotatable bonds is 11. The number of amidine groups is 1. The van der Waals surface area contributed by atoms with E-state index in [0.29, 0.717) is 28.1 Å². The zero-order chi connectivity index (χ0) is 43.5. The van der Waals surface area contributed by atoms with Gasteiger partial charge in [-0.15, -0.1) is 0 Å². The summed E-state index contributed by atoms with van der Waals surface area (Å²) in [7, 11) is 0. The molecule has 1 aromatic heterocycles. The highest BCUT2D eigenvalue weighted by Gasteiger charge is 2.38. The number of amides is 2. The number of hydrogen-bond donors (Lipinski definition) is 8. The molecule has 308 valence electrons. The van der Waals surface area contributed by atoms with Crippen LogP contribution in [0.5, 0.6) is 0 Å². The van der Waals surface area contributed by atoms with Crippen LogP contribution < -0.4 is 33.0 Å². The van der Waals surface area contributed by atoms with Crippen molar-refractivity contribution in [2.24, 2.45) is 5.73 Å². The lowest BCUT2D eigenvalue weighted by atomic mass is 10.0. The Labute approximate surface area is 321 Å². The summed E-state index contributed by atoms with van der Waals surface area (Å²) in [6.45, 7) is 1.64. The van der Waals surface area contributed by atoms with Crippen LogP contribution >= 0.6 is 0 Å². The van der Waals surface area contributed by atoms with Crippen molar-refractivity contribution >= 4 is 41.6 Å². The third-order valence-electron chi connectivity index (χ3n) is 6.94. The zero-order valence-electron chi connectivity index (χ0n) is 30.5. The van der Waals surface area contributed by atoms with E-state index in [1.165, 1.54) is 10.8 Å². The van der Waals surface area contributed by atoms with Gasteiger partial charge in [-0.3, -0.25) is 29.2 Å². The number of halogens is 6. The summed E-state index contributed by atoms with van der Waals surface area (Å²) in [5, 5.41) is 30.4. The van der Waals surface area contributed by atoms with Gasteiger partial charge in [0.1, 0.15) is 12.4 Å². The van der Waals surface area contributed by atoms with Crippen molar-refractivity contribution in [3.05, 3.63) is 112 Å². The van der Waals surface area contributed by atoms with Crippen LogP contribution in [0.2, 0.25) is 0 Å². The second-order valence-electron chi connectivity index (χ2n) is 11.7. The topological polar surface area (TPSA) is 256 Å². The average Bonchev–Trinajstić information content (AvgIpc) is 3.12. The fourth-order valence-electron chi connectivity index (χ4n) is 4.49. The molecule has 0 unspecified atom stereocenters. The summed E-state index contributed by atoms with van der Waals surface area (Å²) < 4.78 is 62.1. The molecular weight excluding hydrogens is 770 g/mol. The number of nitrogens with two attached hydrogens (primary N) is 2. The number of nitrogens with zero attached hydrogens (tertiary/aromatic N) is 2. The van der Waals surface area contributed by atoms with Crippen molar-refractivity contribution in [3.8, 4) is 11.3 Å². The normalized spacial score (nSPS) is 10.9. The van der Waals surface area contributed by atoms with E-state index in [9.17, 15) is 40.7 Å². The van der Waals surface area contributed by atoms with Gasteiger partial charge in [0.25, 0.3) is 17.9 Å². The van der Waals surface area contributed by atoms with E-state index in [1.54, 1.807) is 42.5 Å². The van der Waals surface area contributed by atoms with E-state index in [-0.39, 0.29) is 49.2 Å². The maximum atomic E-state index is 13.5. The van der Waals surface area contributed by atoms with Crippen LogP contribution in [0.15, 0.2) is 83.8 Å². The minimum absolute atomic E-state index is 0.0427. The fraction of sp³-hybridized carbons (Fsp3) is 0.250. The summed E-state index contributed by atoms with van der Waals surface area (Å²) in [6, 6.07) is 21.0. The van der Waals surface area contributed by atoms with Crippen LogP contribution in [0.3, 0.4) is 0 Å². The molecule has 0 radical (unpaired) electrons. The zero-order valence-corrected chi connectivity index (χ0v) is 30.5. The molecule has 0 spiro atoms. The number of carbonyl (C=O) groups is 4. The monoisotopic (exact) mass is 810 g/mol. The summed E-state index contributed by atoms with van der Waals surface area (Å²) in [4.78, 5) is 61.4. The maximum Gasteiger partial charge on any atom is 0.490 e. The smallest absolute Gasteiger partial charge is 0.483 e. The minimum Gasteiger partial charge on any atom is -0.483 e. The number of aromatic nitrogens is 2. The molecule has 1 heterocycles. The van der Waals surface area contributed by atoms with Crippen LogP contribution in [-0.2, 0) is 27.5 Å². The van der Waals surface area contributed by atoms with Gasteiger partial charge in [-0.05, 0) is 50.1 Å². The van der Waals surface area contributed by atoms with Crippen molar-refractivity contribution in [1.82, 2.24) is 20.2 Å². The first kappa shape index (κ1) is 48.1. The summed E-state index contributed by atoms with van der Waals surface area (Å²) in [6.07, 6.45) is -3.59. The first-order valence-corrected chi connectivity index (χ1v) is 16.2. The molecule has 2 amide bonds. The molecule has 0 bridgehead atoms. The van der Waals surface area contributed by atoms with E-state index >= 15 is 0 Å². The molecule has 0 aliphatic heterocycles. The van der Waals surface area contributed by atoms with E-state index in [4.69, 9.17) is 36.7 Å². The van der Waals surface area contributed by atoms with E-state index < -0.39 is 30.3 Å². The molecule has 0 aliphatic rings. The molecule has 10 N–H and O–H groups in total. The van der Waals surface area contributed by atoms with Crippen LogP contribution in [0.1, 0.15) is 53.9 Å². The Hall–Kier alpha value is -6.93. The number of aliphatic carboxylic acids is 1. The molecule has 0 saturated heterocycles. The number of carboxylic acids is 1. The van der Waals surface area contributed by atoms with Crippen LogP contribution in [0, 0.1) is 5.41 Å². The molecule has 15 nitrogen and oxygen atoms in total. The highest BCUT2D eigenvalue weighted by molar-refractivity contribution is 5.97. The highest BCUT2D eigenvalue weighted by Crippen LogP contribution is 2.24. The van der Waals surface area contributed by atoms with Gasteiger partial charge in [0, 0.05) is 35.0 Å². The third-order valence-corrected chi connectivity index (χ3v) is 6.94. The number of carboxylic acid groups (broad SMARTS) is 2. The standard InChI is InChI=1S/C32H36N8O3.C2HF3O2.CHF3.CH2O2/c1-19(2)38-30-32(43)40(18-28(41)36-16-21-9-11-23(12-10-21)29(34)35)27(17-37-30)24-13-25(15-26(33)14-24)31(42)39-20(3)22-7-5-4-6-8-22;3-2(4,5)1(6)7;2-1(3)4;2-1-3/h4-15,17,19-20H,16,18,33H2,1-3H3,(H3,34,35)(H,36,41)(H,37,38)(H,39,42);(H,6,7);1H;1H,(H,2,3)/t20-;;;/m0.../s1. The molecule has 3 aromatic carbocycles. The number of benzene rings is 3. The molecule has 57 heavy (non-hydrogen) atoms. The first-order valence-electron chi connectivity index (χ1n) is 16.2. The SMILES string of the molecule is CC(C)Nc1ncc(-c2cc(N)cc(C(=O)N[C@@H](C)c3ccccc3)c2)n(CC(=O)NCc2ccc(C(=N)N)cc2)c1=O.FC(F)F.O=C(O)C(F)(F)F.O=CO. The summed E-state index contributed by atoms with van der Waals surface area (Å²) >= 11 is 0. The lowest BCUT2D eigenvalue weighted by Gasteiger charge is -2.18. The summed E-state index contributed by atoms with van der Waals surface area (Å²) in [5.74, 6) is -3.44. The van der Waals surface area contributed by atoms with Crippen molar-refractivity contribution in [2.75, 3.05) is 11.1 Å². The van der Waals surface area contributed by atoms with Gasteiger partial charge < -0.3 is 37.6 Å². The lowest BCUT2D eigenvalue weighted by Crippen LogP contribution is -2.35. The molecule has 4 aromatic rings. The Morgan fingerprint density at radius 2 is 1.51 bits per heavy atom. The van der Waals surface area contributed by atoms with E-state index in [1.807, 2.05) is 51.1 Å². The van der Waals surface area contributed by atoms with Crippen LogP contribution in [0.4, 0.5) is 37.8 Å². The molecule has 0 saturated carbocycles. The van der Waals surface area contributed by atoms with Gasteiger partial charge in [-0.1, -0.05) is 54.6 Å². The largest absolute Gasteiger partial charge is 0.490 e. The number of alkyl halides is 6. The molecule has 1 atom stereocenters. The fourth-order valence-corrected chi connectivity index (χ4v) is 4.49. The van der Waals surface area contributed by atoms with Gasteiger partial charge in [0.05, 0.1) is 17.9 Å². The Balaban J connectivity index is 0.000000997. The molecule has 4 rings (SSSR count). The Kier molecular flexibility index (Phi) is 19.5. The lowest BCUT2D eigenvalue weighted by molar-refractivity contribution is -0.192. The second kappa shape index (κ2) is 23.1. The first-order chi connectivity index (χ1) is 26.6. The van der Waals surface area contributed by atoms with Gasteiger partial charge in [-0.2, -0.15) is 26.3 Å². The van der Waals surface area contributed by atoms with Crippen molar-refractivity contribution in [1.29, 1.82) is 5.41 Å². The quantitative estimate of drug-likeness (QED) is 0.0332. The Morgan fingerprint density at radius 3 is 2.00 bits per heavy atom. The number of hydrogen-bond acceptors (Lipinski definition) is 9. The van der Waals surface area contributed by atoms with Gasteiger partial charge in [0.15, 0.2) is 5.82 Å². The second-order valence-corrected chi connectivity index (χ2v) is 11.7. The van der Waals surface area contributed by atoms with Crippen molar-refractivity contribution < 1.29 is 55.7 Å². The van der Waals surface area contributed by atoms with E-state index in [0.717, 1.165) is 11.1 Å². The van der Waals surface area contributed by atoms with Gasteiger partial charge >= 0.3 is 18.8 Å². The molecule has 0 fully saturated rings. The van der Waals surface area contributed by atoms with Crippen LogP contribution in [0.25, 0.3) is 11.3 Å². The Bertz CT molecular complexity index is 2010. The number of carbonyl (C=O) groups excluding carboxylic acids is 2. The number of anilines is 2. The number of nitrogen functional groups attached to an aromatic ring is 2. The Morgan fingerprint density at radius 1 is 0.965 bits per heavy atom. The predicted molar refractivity (Wildman–Crippen MR) is 198 cm³/mol. The van der Waals surface area contributed by atoms with E-state index in [2.05, 4.69) is 20.9 Å².